The molecule has 0 aliphatic carbocycles. The number of nitrogens with one attached hydrogen (secondary N) is 1. The Hall–Kier alpha value is -3.15. The summed E-state index contributed by atoms with van der Waals surface area (Å²) in [5.74, 6) is 0. The lowest BCUT2D eigenvalue weighted by Gasteiger charge is -2.39. The number of aromatic amines is 1. The number of benzene rings is 3. The standard InChI is InChI=1S/C28H32N4O/c33-28-29-25-14-7-8-15-26(25)32(28)17-9-16-30-18-20-31(21-19-30)27(24-12-5-2-6-13-24)22-23-10-3-1-4-11-23/h1-8,10-15,27H,9,16-22H2,(H,29,33). The Bertz CT molecular complexity index is 1210. The van der Waals surface area contributed by atoms with E-state index in [9.17, 15) is 4.79 Å². The number of para-hydroxylation sites is 2. The molecule has 5 nitrogen and oxygen atoms in total. The van der Waals surface area contributed by atoms with Crippen LogP contribution in [-0.4, -0.2) is 52.1 Å². The second-order valence-corrected chi connectivity index (χ2v) is 8.95. The van der Waals surface area contributed by atoms with Gasteiger partial charge in [-0.3, -0.25) is 9.47 Å². The molecular weight excluding hydrogens is 408 g/mol. The Morgan fingerprint density at radius 1 is 0.758 bits per heavy atom. The van der Waals surface area contributed by atoms with Crippen LogP contribution in [0.2, 0.25) is 0 Å². The number of fused-ring (bicyclic) bond motifs is 1. The van der Waals surface area contributed by atoms with Crippen LogP contribution < -0.4 is 5.69 Å². The Morgan fingerprint density at radius 3 is 2.18 bits per heavy atom. The molecule has 1 saturated heterocycles. The predicted molar refractivity (Wildman–Crippen MR) is 135 cm³/mol. The summed E-state index contributed by atoms with van der Waals surface area (Å²) in [5.41, 5.74) is 4.69. The lowest BCUT2D eigenvalue weighted by molar-refractivity contribution is 0.0939. The highest BCUT2D eigenvalue weighted by Crippen LogP contribution is 2.26. The molecule has 5 rings (SSSR count). The van der Waals surface area contributed by atoms with E-state index in [2.05, 4.69) is 75.4 Å². The molecule has 5 heteroatoms. The van der Waals surface area contributed by atoms with Crippen molar-refractivity contribution >= 4 is 11.0 Å². The topological polar surface area (TPSA) is 44.3 Å². The van der Waals surface area contributed by atoms with Crippen LogP contribution in [-0.2, 0) is 13.0 Å². The molecule has 1 N–H and O–H groups in total. The summed E-state index contributed by atoms with van der Waals surface area (Å²) in [4.78, 5) is 20.5. The van der Waals surface area contributed by atoms with Crippen LogP contribution in [0.3, 0.4) is 0 Å². The molecule has 0 spiro atoms. The van der Waals surface area contributed by atoms with E-state index < -0.39 is 0 Å². The van der Waals surface area contributed by atoms with Crippen LogP contribution in [0, 0.1) is 0 Å². The second kappa shape index (κ2) is 10.2. The zero-order valence-corrected chi connectivity index (χ0v) is 19.1. The lowest BCUT2D eigenvalue weighted by Crippen LogP contribution is -2.48. The van der Waals surface area contributed by atoms with Crippen LogP contribution in [0.1, 0.15) is 23.6 Å². The van der Waals surface area contributed by atoms with E-state index in [4.69, 9.17) is 0 Å². The SMILES string of the molecule is O=c1[nH]c2ccccc2n1CCCN1CCN(C(Cc2ccccc2)c2ccccc2)CC1. The third-order valence-corrected chi connectivity index (χ3v) is 6.84. The first kappa shape index (κ1) is 21.7. The summed E-state index contributed by atoms with van der Waals surface area (Å²) < 4.78 is 1.87. The highest BCUT2D eigenvalue weighted by Gasteiger charge is 2.25. The number of piperazine rings is 1. The van der Waals surface area contributed by atoms with Crippen LogP contribution in [0.15, 0.2) is 89.7 Å². The maximum atomic E-state index is 12.3. The number of hydrogen-bond acceptors (Lipinski definition) is 3. The molecular formula is C28H32N4O. The van der Waals surface area contributed by atoms with Crippen molar-refractivity contribution in [2.24, 2.45) is 0 Å². The van der Waals surface area contributed by atoms with Gasteiger partial charge in [-0.05, 0) is 42.6 Å². The van der Waals surface area contributed by atoms with E-state index in [1.807, 2.05) is 28.8 Å². The van der Waals surface area contributed by atoms with Crippen molar-refractivity contribution in [3.63, 3.8) is 0 Å². The number of hydrogen-bond donors (Lipinski definition) is 1. The van der Waals surface area contributed by atoms with Crippen molar-refractivity contribution < 1.29 is 0 Å². The van der Waals surface area contributed by atoms with E-state index in [0.29, 0.717) is 6.04 Å². The van der Waals surface area contributed by atoms with E-state index in [0.717, 1.165) is 63.1 Å². The van der Waals surface area contributed by atoms with Crippen molar-refractivity contribution in [3.05, 3.63) is 107 Å². The zero-order chi connectivity index (χ0) is 22.5. The van der Waals surface area contributed by atoms with Gasteiger partial charge in [-0.25, -0.2) is 4.79 Å². The van der Waals surface area contributed by atoms with Crippen LogP contribution in [0.5, 0.6) is 0 Å². The fourth-order valence-corrected chi connectivity index (χ4v) is 5.05. The van der Waals surface area contributed by atoms with Gasteiger partial charge in [0, 0.05) is 38.8 Å². The minimum absolute atomic E-state index is 0.00682. The minimum Gasteiger partial charge on any atom is -0.306 e. The van der Waals surface area contributed by atoms with Gasteiger partial charge in [0.1, 0.15) is 0 Å². The molecule has 0 saturated carbocycles. The summed E-state index contributed by atoms with van der Waals surface area (Å²) in [6.45, 7) is 6.05. The quantitative estimate of drug-likeness (QED) is 0.444. The van der Waals surface area contributed by atoms with Gasteiger partial charge >= 0.3 is 5.69 Å². The molecule has 1 fully saturated rings. The van der Waals surface area contributed by atoms with Crippen LogP contribution in [0.25, 0.3) is 11.0 Å². The average molecular weight is 441 g/mol. The zero-order valence-electron chi connectivity index (χ0n) is 19.1. The van der Waals surface area contributed by atoms with Crippen molar-refractivity contribution in [2.45, 2.75) is 25.4 Å². The normalized spacial score (nSPS) is 16.2. The molecule has 170 valence electrons. The van der Waals surface area contributed by atoms with E-state index in [-0.39, 0.29) is 5.69 Å². The number of rotatable bonds is 8. The number of H-pyrrole nitrogens is 1. The molecule has 1 aliphatic rings. The van der Waals surface area contributed by atoms with Crippen molar-refractivity contribution in [3.8, 4) is 0 Å². The first-order valence-electron chi connectivity index (χ1n) is 12.0. The van der Waals surface area contributed by atoms with Gasteiger partial charge in [-0.15, -0.1) is 0 Å². The van der Waals surface area contributed by atoms with Crippen molar-refractivity contribution in [1.29, 1.82) is 0 Å². The molecule has 1 atom stereocenters. The van der Waals surface area contributed by atoms with Crippen LogP contribution in [0.4, 0.5) is 0 Å². The highest BCUT2D eigenvalue weighted by molar-refractivity contribution is 5.74. The third kappa shape index (κ3) is 5.10. The molecule has 4 aromatic rings. The summed E-state index contributed by atoms with van der Waals surface area (Å²) >= 11 is 0. The molecule has 0 radical (unpaired) electrons. The minimum atomic E-state index is -0.00682. The molecule has 0 bridgehead atoms. The molecule has 1 aliphatic heterocycles. The van der Waals surface area contributed by atoms with Gasteiger partial charge in [-0.1, -0.05) is 72.8 Å². The van der Waals surface area contributed by atoms with Crippen LogP contribution >= 0.6 is 0 Å². The molecule has 1 unspecified atom stereocenters. The Kier molecular flexibility index (Phi) is 6.70. The van der Waals surface area contributed by atoms with Gasteiger partial charge in [0.05, 0.1) is 11.0 Å². The summed E-state index contributed by atoms with van der Waals surface area (Å²) in [7, 11) is 0. The monoisotopic (exact) mass is 440 g/mol. The number of nitrogens with zero attached hydrogens (tertiary/aromatic N) is 3. The molecule has 3 aromatic carbocycles. The van der Waals surface area contributed by atoms with E-state index >= 15 is 0 Å². The smallest absolute Gasteiger partial charge is 0.306 e. The van der Waals surface area contributed by atoms with Gasteiger partial charge in [0.15, 0.2) is 0 Å². The second-order valence-electron chi connectivity index (χ2n) is 8.95. The van der Waals surface area contributed by atoms with Gasteiger partial charge in [0.2, 0.25) is 0 Å². The Labute approximate surface area is 195 Å². The van der Waals surface area contributed by atoms with Crippen molar-refractivity contribution in [1.82, 2.24) is 19.4 Å². The van der Waals surface area contributed by atoms with E-state index in [1.54, 1.807) is 0 Å². The predicted octanol–water partition coefficient (Wildman–Crippen LogP) is 4.32. The van der Waals surface area contributed by atoms with Gasteiger partial charge in [-0.2, -0.15) is 0 Å². The maximum absolute atomic E-state index is 12.3. The number of aryl methyl sites for hydroxylation is 1. The fraction of sp³-hybridized carbons (Fsp3) is 0.321. The first-order valence-corrected chi connectivity index (χ1v) is 12.0. The van der Waals surface area contributed by atoms with Gasteiger partial charge < -0.3 is 9.88 Å². The fourth-order valence-electron chi connectivity index (χ4n) is 5.05. The number of aromatic nitrogens is 2. The molecule has 33 heavy (non-hydrogen) atoms. The Morgan fingerprint density at radius 2 is 1.42 bits per heavy atom. The number of imidazole rings is 1. The largest absolute Gasteiger partial charge is 0.326 e. The Balaban J connectivity index is 1.18. The summed E-state index contributed by atoms with van der Waals surface area (Å²) in [5, 5.41) is 0. The van der Waals surface area contributed by atoms with E-state index in [1.165, 1.54) is 11.1 Å². The lowest BCUT2D eigenvalue weighted by atomic mass is 9.96. The molecule has 0 amide bonds. The van der Waals surface area contributed by atoms with Crippen molar-refractivity contribution in [2.75, 3.05) is 32.7 Å². The molecule has 1 aromatic heterocycles. The third-order valence-electron chi connectivity index (χ3n) is 6.84. The molecule has 2 heterocycles. The summed E-state index contributed by atoms with van der Waals surface area (Å²) in [6.07, 6.45) is 2.02. The van der Waals surface area contributed by atoms with Gasteiger partial charge in [0.25, 0.3) is 0 Å². The first-order chi connectivity index (χ1) is 16.3. The summed E-state index contributed by atoms with van der Waals surface area (Å²) in [6, 6.07) is 30.1. The average Bonchev–Trinajstić information content (AvgIpc) is 3.19. The highest BCUT2D eigenvalue weighted by atomic mass is 16.1. The maximum Gasteiger partial charge on any atom is 0.326 e.